The van der Waals surface area contributed by atoms with E-state index in [0.29, 0.717) is 12.8 Å². The minimum atomic E-state index is -1.86. The van der Waals surface area contributed by atoms with Gasteiger partial charge in [-0.25, -0.2) is 4.79 Å². The molecule has 6 atom stereocenters. The van der Waals surface area contributed by atoms with Crippen LogP contribution in [0, 0.1) is 0 Å². The van der Waals surface area contributed by atoms with E-state index < -0.39 is 54.7 Å². The maximum absolute atomic E-state index is 12.7. The number of carbonyl (C=O) groups is 3. The lowest BCUT2D eigenvalue weighted by Crippen LogP contribution is -2.60. The average Bonchev–Trinajstić information content (AvgIpc) is 3.15. The Hall–Kier alpha value is -2.05. The summed E-state index contributed by atoms with van der Waals surface area (Å²) >= 11 is 0. The number of esters is 2. The lowest BCUT2D eigenvalue weighted by molar-refractivity contribution is -0.298. The van der Waals surface area contributed by atoms with E-state index in [1.165, 1.54) is 109 Å². The molecule has 0 radical (unpaired) electrons. The summed E-state index contributed by atoms with van der Waals surface area (Å²) in [6, 6.07) is 0. The minimum Gasteiger partial charge on any atom is -0.479 e. The van der Waals surface area contributed by atoms with Crippen LogP contribution in [0.5, 0.6) is 0 Å². The molecule has 1 aliphatic heterocycles. The van der Waals surface area contributed by atoms with Crippen LogP contribution in [0.1, 0.15) is 194 Å². The van der Waals surface area contributed by atoms with Gasteiger partial charge >= 0.3 is 17.9 Å². The van der Waals surface area contributed by atoms with E-state index in [1.807, 2.05) is 0 Å². The fraction of sp³-hybridized carbons (Fsp3) is 0.884. The fourth-order valence-electron chi connectivity index (χ4n) is 6.64. The highest BCUT2D eigenvalue weighted by molar-refractivity contribution is 5.73. The Morgan fingerprint density at radius 1 is 0.556 bits per heavy atom. The van der Waals surface area contributed by atoms with Crippen LogP contribution in [0.2, 0.25) is 0 Å². The molecule has 1 saturated heterocycles. The van der Waals surface area contributed by atoms with E-state index >= 15 is 0 Å². The van der Waals surface area contributed by atoms with Crippen molar-refractivity contribution in [3.05, 3.63) is 12.2 Å². The number of carboxylic acids is 1. The number of rotatable bonds is 36. The van der Waals surface area contributed by atoms with Crippen LogP contribution < -0.4 is 0 Å². The van der Waals surface area contributed by atoms with Crippen LogP contribution >= 0.6 is 0 Å². The topological polar surface area (TPSA) is 169 Å². The van der Waals surface area contributed by atoms with Gasteiger partial charge in [-0.2, -0.15) is 0 Å². The van der Waals surface area contributed by atoms with Crippen molar-refractivity contribution < 1.29 is 53.8 Å². The summed E-state index contributed by atoms with van der Waals surface area (Å²) in [6.07, 6.45) is 25.6. The number of hydrogen-bond donors (Lipinski definition) is 4. The summed E-state index contributed by atoms with van der Waals surface area (Å²) in [7, 11) is 0. The monoisotopic (exact) mass is 771 g/mol. The zero-order valence-electron chi connectivity index (χ0n) is 34.0. The van der Waals surface area contributed by atoms with E-state index in [1.54, 1.807) is 0 Å². The number of aliphatic hydroxyl groups excluding tert-OH is 3. The molecule has 316 valence electrons. The number of aliphatic hydroxyl groups is 3. The molecule has 0 spiro atoms. The van der Waals surface area contributed by atoms with E-state index in [0.717, 1.165) is 44.9 Å². The van der Waals surface area contributed by atoms with Crippen LogP contribution in [0.4, 0.5) is 0 Å². The molecule has 0 aliphatic carbocycles. The molecule has 6 unspecified atom stereocenters. The summed E-state index contributed by atoms with van der Waals surface area (Å²) in [5.74, 6) is -2.44. The van der Waals surface area contributed by atoms with Gasteiger partial charge in [0.2, 0.25) is 0 Å². The van der Waals surface area contributed by atoms with Gasteiger partial charge in [0.1, 0.15) is 24.9 Å². The third-order valence-corrected chi connectivity index (χ3v) is 10.1. The molecule has 1 fully saturated rings. The predicted octanol–water partition coefficient (Wildman–Crippen LogP) is 8.87. The normalized spacial score (nSPS) is 20.6. The third-order valence-electron chi connectivity index (χ3n) is 10.1. The number of carbonyl (C=O) groups excluding carboxylic acids is 2. The van der Waals surface area contributed by atoms with Gasteiger partial charge in [-0.15, -0.1) is 0 Å². The number of carboxylic acid groups (broad SMARTS) is 1. The van der Waals surface area contributed by atoms with Crippen molar-refractivity contribution in [3.8, 4) is 0 Å². The third kappa shape index (κ3) is 25.9. The van der Waals surface area contributed by atoms with Gasteiger partial charge in [0.25, 0.3) is 0 Å². The average molecular weight is 771 g/mol. The number of hydrogen-bond acceptors (Lipinski definition) is 10. The van der Waals surface area contributed by atoms with Gasteiger partial charge in [-0.1, -0.05) is 154 Å². The first kappa shape index (κ1) is 50.0. The molecule has 1 aliphatic rings. The summed E-state index contributed by atoms with van der Waals surface area (Å²) in [5, 5.41) is 39.7. The van der Waals surface area contributed by atoms with Crippen LogP contribution in [0.15, 0.2) is 12.2 Å². The Bertz CT molecular complexity index is 958. The summed E-state index contributed by atoms with van der Waals surface area (Å²) in [6.45, 7) is 3.79. The Morgan fingerprint density at radius 2 is 0.981 bits per heavy atom. The van der Waals surface area contributed by atoms with Crippen molar-refractivity contribution in [1.82, 2.24) is 0 Å². The van der Waals surface area contributed by atoms with Crippen LogP contribution in [-0.4, -0.2) is 88.4 Å². The molecule has 0 aromatic carbocycles. The van der Waals surface area contributed by atoms with Crippen molar-refractivity contribution in [2.45, 2.75) is 230 Å². The summed E-state index contributed by atoms with van der Waals surface area (Å²) in [5.41, 5.74) is 0. The lowest BCUT2D eigenvalue weighted by Gasteiger charge is -2.38. The number of ether oxygens (including phenoxy) is 4. The van der Waals surface area contributed by atoms with Gasteiger partial charge in [0.05, 0.1) is 6.61 Å². The highest BCUT2D eigenvalue weighted by Gasteiger charge is 2.47. The maximum Gasteiger partial charge on any atom is 0.335 e. The molecule has 11 nitrogen and oxygen atoms in total. The van der Waals surface area contributed by atoms with Gasteiger partial charge in [0.15, 0.2) is 18.5 Å². The van der Waals surface area contributed by atoms with Crippen molar-refractivity contribution in [1.29, 1.82) is 0 Å². The fourth-order valence-corrected chi connectivity index (χ4v) is 6.64. The zero-order chi connectivity index (χ0) is 39.7. The molecule has 0 aromatic rings. The summed E-state index contributed by atoms with van der Waals surface area (Å²) < 4.78 is 21.7. The van der Waals surface area contributed by atoms with Crippen molar-refractivity contribution in [2.24, 2.45) is 0 Å². The maximum atomic E-state index is 12.7. The van der Waals surface area contributed by atoms with E-state index in [-0.39, 0.29) is 26.1 Å². The second-order valence-electron chi connectivity index (χ2n) is 15.2. The molecule has 0 bridgehead atoms. The van der Waals surface area contributed by atoms with Gasteiger partial charge in [-0.05, 0) is 38.5 Å². The number of allylic oxidation sites excluding steroid dienone is 2. The molecular formula is C43H78O11. The number of unbranched alkanes of at least 4 members (excludes halogenated alkanes) is 23. The number of aliphatic carboxylic acids is 1. The molecule has 11 heteroatoms. The highest BCUT2D eigenvalue weighted by atomic mass is 16.7. The molecular weight excluding hydrogens is 692 g/mol. The second kappa shape index (κ2) is 34.2. The summed E-state index contributed by atoms with van der Waals surface area (Å²) in [4.78, 5) is 36.7. The molecule has 0 aromatic heterocycles. The van der Waals surface area contributed by atoms with E-state index in [9.17, 15) is 34.8 Å². The molecule has 4 N–H and O–H groups in total. The standard InChI is InChI=1S/C43H78O11/c1-3-5-7-9-11-13-15-16-17-18-19-20-21-22-24-25-27-29-31-36(44)51-33-35(34-52-43-40(48)38(46)39(47)41(54-43)42(49)50)53-37(45)32-30-28-26-23-14-12-10-8-6-4-2/h17-18,35,38-41,43,46-48H,3-16,19-34H2,1-2H3,(H,49,50)/b18-17-. The van der Waals surface area contributed by atoms with Crippen LogP contribution in [0.3, 0.4) is 0 Å². The predicted molar refractivity (Wildman–Crippen MR) is 211 cm³/mol. The van der Waals surface area contributed by atoms with Gasteiger partial charge < -0.3 is 39.4 Å². The Kier molecular flexibility index (Phi) is 31.7. The molecule has 1 rings (SSSR count). The first-order valence-electron chi connectivity index (χ1n) is 21.7. The largest absolute Gasteiger partial charge is 0.479 e. The van der Waals surface area contributed by atoms with Gasteiger partial charge in [0, 0.05) is 12.8 Å². The quantitative estimate of drug-likeness (QED) is 0.0273. The first-order chi connectivity index (χ1) is 26.2. The highest BCUT2D eigenvalue weighted by Crippen LogP contribution is 2.23. The zero-order valence-corrected chi connectivity index (χ0v) is 34.0. The van der Waals surface area contributed by atoms with Crippen LogP contribution in [0.25, 0.3) is 0 Å². The molecule has 1 heterocycles. The van der Waals surface area contributed by atoms with E-state index in [2.05, 4.69) is 26.0 Å². The van der Waals surface area contributed by atoms with Crippen LogP contribution in [-0.2, 0) is 33.3 Å². The second-order valence-corrected chi connectivity index (χ2v) is 15.2. The van der Waals surface area contributed by atoms with Gasteiger partial charge in [-0.3, -0.25) is 9.59 Å². The molecule has 54 heavy (non-hydrogen) atoms. The Morgan fingerprint density at radius 3 is 1.44 bits per heavy atom. The first-order valence-corrected chi connectivity index (χ1v) is 21.7. The Balaban J connectivity index is 2.34. The minimum absolute atomic E-state index is 0.186. The molecule has 0 saturated carbocycles. The van der Waals surface area contributed by atoms with E-state index in [4.69, 9.17) is 18.9 Å². The lowest BCUT2D eigenvalue weighted by atomic mass is 9.99. The van der Waals surface area contributed by atoms with Crippen molar-refractivity contribution in [2.75, 3.05) is 13.2 Å². The van der Waals surface area contributed by atoms with Crippen molar-refractivity contribution >= 4 is 17.9 Å². The Labute approximate surface area is 326 Å². The molecule has 0 amide bonds. The SMILES string of the molecule is CCCCCCCCC/C=C\CCCCCCCCCC(=O)OCC(COC1OC(C(=O)O)C(O)C(O)C1O)OC(=O)CCCCCCCCCCCC. The smallest absolute Gasteiger partial charge is 0.335 e. The van der Waals surface area contributed by atoms with Crippen molar-refractivity contribution in [3.63, 3.8) is 0 Å².